The monoisotopic (exact) mass is 232 g/mol. The average molecular weight is 232 g/mol. The molecule has 0 aliphatic carbocycles. The number of nitrogens with one attached hydrogen (secondary N) is 1. The highest BCUT2D eigenvalue weighted by molar-refractivity contribution is 8.01. The fraction of sp³-hybridized carbons (Fsp3) is 0.750. The van der Waals surface area contributed by atoms with Gasteiger partial charge in [-0.05, 0) is 0 Å². The molecule has 0 spiro atoms. The van der Waals surface area contributed by atoms with Crippen molar-refractivity contribution in [3.63, 3.8) is 0 Å². The standard InChI is InChI=1S/C8H12N2O4S/c11-1-3-5(12)6(13)4-7(15-3)8(14)10-2-9-4/h2-7,11-13H,1H2,(H,9,10,14)/t3?,4?,5-,6-,7?/m1/s1. The highest BCUT2D eigenvalue weighted by atomic mass is 32.2. The lowest BCUT2D eigenvalue weighted by molar-refractivity contribution is -0.121. The predicted molar refractivity (Wildman–Crippen MR) is 54.7 cm³/mol. The van der Waals surface area contributed by atoms with Gasteiger partial charge in [0.2, 0.25) is 5.91 Å². The summed E-state index contributed by atoms with van der Waals surface area (Å²) in [6.07, 6.45) is -0.917. The Bertz CT molecular complexity index is 298. The Morgan fingerprint density at radius 2 is 2.20 bits per heavy atom. The Kier molecular flexibility index (Phi) is 2.96. The zero-order chi connectivity index (χ0) is 11.0. The zero-order valence-corrected chi connectivity index (χ0v) is 8.59. The number of carbonyl (C=O) groups excluding carboxylic acids is 1. The molecule has 0 aromatic heterocycles. The molecule has 0 radical (unpaired) electrons. The summed E-state index contributed by atoms with van der Waals surface area (Å²) < 4.78 is 0. The van der Waals surface area contributed by atoms with Gasteiger partial charge >= 0.3 is 0 Å². The number of aliphatic hydroxyl groups excluding tert-OH is 3. The maximum absolute atomic E-state index is 11.4. The molecule has 1 saturated heterocycles. The lowest BCUT2D eigenvalue weighted by Crippen LogP contribution is -2.59. The minimum absolute atomic E-state index is 0.246. The van der Waals surface area contributed by atoms with Crippen molar-refractivity contribution >= 4 is 24.0 Å². The van der Waals surface area contributed by atoms with Crippen LogP contribution < -0.4 is 5.32 Å². The first-order valence-electron chi connectivity index (χ1n) is 4.59. The van der Waals surface area contributed by atoms with Gasteiger partial charge in [-0.25, -0.2) is 0 Å². The van der Waals surface area contributed by atoms with Crippen molar-refractivity contribution in [3.8, 4) is 0 Å². The van der Waals surface area contributed by atoms with Gasteiger partial charge in [0.15, 0.2) is 0 Å². The van der Waals surface area contributed by atoms with Crippen LogP contribution in [0.1, 0.15) is 0 Å². The number of amides is 1. The van der Waals surface area contributed by atoms with Crippen LogP contribution in [0.25, 0.3) is 0 Å². The van der Waals surface area contributed by atoms with Crippen molar-refractivity contribution in [2.45, 2.75) is 28.7 Å². The van der Waals surface area contributed by atoms with Gasteiger partial charge in [0.1, 0.15) is 17.4 Å². The molecule has 7 heteroatoms. The van der Waals surface area contributed by atoms with Gasteiger partial charge in [0.25, 0.3) is 0 Å². The Morgan fingerprint density at radius 1 is 1.47 bits per heavy atom. The van der Waals surface area contributed by atoms with Crippen LogP contribution in [0, 0.1) is 0 Å². The van der Waals surface area contributed by atoms with E-state index in [-0.39, 0.29) is 12.5 Å². The molecule has 5 atom stereocenters. The largest absolute Gasteiger partial charge is 0.395 e. The Hall–Kier alpha value is -0.630. The second-order valence-corrected chi connectivity index (χ2v) is 4.92. The summed E-state index contributed by atoms with van der Waals surface area (Å²) in [6, 6.07) is -0.624. The normalized spacial score (nSPS) is 44.7. The number of carbonyl (C=O) groups is 1. The first-order chi connectivity index (χ1) is 7.15. The molecule has 0 bridgehead atoms. The fourth-order valence-electron chi connectivity index (χ4n) is 1.75. The molecule has 2 heterocycles. The number of aliphatic imine (C=N–C) groups is 1. The molecule has 84 valence electrons. The second kappa shape index (κ2) is 4.09. The number of hydrogen-bond acceptors (Lipinski definition) is 6. The van der Waals surface area contributed by atoms with Crippen LogP contribution in [-0.4, -0.2) is 62.9 Å². The summed E-state index contributed by atoms with van der Waals surface area (Å²) >= 11 is 1.15. The van der Waals surface area contributed by atoms with E-state index in [2.05, 4.69) is 10.3 Å². The van der Waals surface area contributed by atoms with Crippen molar-refractivity contribution < 1.29 is 20.1 Å². The molecule has 4 N–H and O–H groups in total. The van der Waals surface area contributed by atoms with Gasteiger partial charge in [-0.15, -0.1) is 11.8 Å². The second-order valence-electron chi connectivity index (χ2n) is 3.54. The van der Waals surface area contributed by atoms with E-state index in [1.54, 1.807) is 0 Å². The van der Waals surface area contributed by atoms with Crippen LogP contribution in [-0.2, 0) is 4.79 Å². The van der Waals surface area contributed by atoms with E-state index in [0.29, 0.717) is 0 Å². The minimum Gasteiger partial charge on any atom is -0.395 e. The fourth-order valence-corrected chi connectivity index (χ4v) is 3.12. The van der Waals surface area contributed by atoms with Gasteiger partial charge in [-0.1, -0.05) is 0 Å². The van der Waals surface area contributed by atoms with Crippen molar-refractivity contribution in [1.82, 2.24) is 5.32 Å². The summed E-state index contributed by atoms with van der Waals surface area (Å²) in [5, 5.41) is 29.7. The van der Waals surface area contributed by atoms with Crippen LogP contribution in [0.2, 0.25) is 0 Å². The molecule has 0 aromatic rings. The average Bonchev–Trinajstić information content (AvgIpc) is 2.24. The van der Waals surface area contributed by atoms with Gasteiger partial charge in [-0.3, -0.25) is 9.79 Å². The van der Waals surface area contributed by atoms with Crippen molar-refractivity contribution in [1.29, 1.82) is 0 Å². The SMILES string of the molecule is O=C1NC=NC2C1SC(CO)[C@@H](O)[C@@H]2O. The van der Waals surface area contributed by atoms with Crippen LogP contribution in [0.4, 0.5) is 0 Å². The molecule has 15 heavy (non-hydrogen) atoms. The van der Waals surface area contributed by atoms with Crippen molar-refractivity contribution in [2.75, 3.05) is 6.61 Å². The molecule has 0 saturated carbocycles. The highest BCUT2D eigenvalue weighted by Crippen LogP contribution is 2.35. The molecule has 1 amide bonds. The molecule has 1 fully saturated rings. The van der Waals surface area contributed by atoms with E-state index in [1.807, 2.05) is 0 Å². The summed E-state index contributed by atoms with van der Waals surface area (Å²) in [4.78, 5) is 15.4. The quantitative estimate of drug-likeness (QED) is 0.407. The zero-order valence-electron chi connectivity index (χ0n) is 7.78. The Morgan fingerprint density at radius 3 is 2.87 bits per heavy atom. The third-order valence-electron chi connectivity index (χ3n) is 2.60. The molecular weight excluding hydrogens is 220 g/mol. The minimum atomic E-state index is -1.10. The molecule has 0 aromatic carbocycles. The molecule has 2 aliphatic heterocycles. The van der Waals surface area contributed by atoms with Crippen molar-refractivity contribution in [2.24, 2.45) is 4.99 Å². The molecule has 2 aliphatic rings. The summed E-state index contributed by atoms with van der Waals surface area (Å²) in [7, 11) is 0. The van der Waals surface area contributed by atoms with Crippen LogP contribution in [0.15, 0.2) is 4.99 Å². The third-order valence-corrected chi connectivity index (χ3v) is 4.17. The summed E-state index contributed by atoms with van der Waals surface area (Å²) in [5.74, 6) is -0.246. The topological polar surface area (TPSA) is 102 Å². The van der Waals surface area contributed by atoms with Gasteiger partial charge < -0.3 is 20.6 Å². The third kappa shape index (κ3) is 1.76. The summed E-state index contributed by atoms with van der Waals surface area (Å²) in [6.45, 7) is -0.275. The molecular formula is C8H12N2O4S. The van der Waals surface area contributed by atoms with Crippen molar-refractivity contribution in [3.05, 3.63) is 0 Å². The lowest BCUT2D eigenvalue weighted by Gasteiger charge is -2.40. The number of thioether (sulfide) groups is 1. The number of nitrogens with zero attached hydrogens (tertiary/aromatic N) is 1. The van der Waals surface area contributed by atoms with E-state index >= 15 is 0 Å². The van der Waals surface area contributed by atoms with E-state index in [0.717, 1.165) is 11.8 Å². The predicted octanol–water partition coefficient (Wildman–Crippen LogP) is -2.29. The number of fused-ring (bicyclic) bond motifs is 1. The Balaban J connectivity index is 2.22. The maximum Gasteiger partial charge on any atom is 0.240 e. The smallest absolute Gasteiger partial charge is 0.240 e. The maximum atomic E-state index is 11.4. The highest BCUT2D eigenvalue weighted by Gasteiger charge is 2.47. The van der Waals surface area contributed by atoms with Gasteiger partial charge in [0.05, 0.1) is 24.3 Å². The lowest BCUT2D eigenvalue weighted by atomic mass is 9.98. The number of hydrogen-bond donors (Lipinski definition) is 4. The van der Waals surface area contributed by atoms with Gasteiger partial charge in [-0.2, -0.15) is 0 Å². The molecule has 2 rings (SSSR count). The van der Waals surface area contributed by atoms with E-state index in [9.17, 15) is 15.0 Å². The van der Waals surface area contributed by atoms with Gasteiger partial charge in [0, 0.05) is 0 Å². The first-order valence-corrected chi connectivity index (χ1v) is 5.54. The van der Waals surface area contributed by atoms with E-state index in [1.165, 1.54) is 6.34 Å². The van der Waals surface area contributed by atoms with E-state index < -0.39 is 28.7 Å². The van der Waals surface area contributed by atoms with Crippen LogP contribution in [0.3, 0.4) is 0 Å². The van der Waals surface area contributed by atoms with E-state index in [4.69, 9.17) is 5.11 Å². The number of rotatable bonds is 1. The summed E-state index contributed by atoms with van der Waals surface area (Å²) in [5.41, 5.74) is 0. The van der Waals surface area contributed by atoms with Crippen LogP contribution in [0.5, 0.6) is 0 Å². The Labute approximate surface area is 90.4 Å². The number of aliphatic hydroxyl groups is 3. The first kappa shape index (κ1) is 10.9. The molecule has 6 nitrogen and oxygen atoms in total. The molecule has 3 unspecified atom stereocenters. The van der Waals surface area contributed by atoms with Crippen LogP contribution >= 0.6 is 11.8 Å².